The molecule has 3 heteroatoms. The fraction of sp³-hybridized carbons (Fsp3) is 0.300. The molecule has 13 heavy (non-hydrogen) atoms. The number of carbonyl (C=O) groups excluding carboxylic acids is 1. The minimum Gasteiger partial charge on any atom is -0.380 e. The van der Waals surface area contributed by atoms with Crippen molar-refractivity contribution in [2.24, 2.45) is 0 Å². The second kappa shape index (κ2) is 2.94. The van der Waals surface area contributed by atoms with E-state index in [0.717, 1.165) is 11.8 Å². The first-order valence-electron chi connectivity index (χ1n) is 4.10. The van der Waals surface area contributed by atoms with Crippen molar-refractivity contribution in [3.05, 3.63) is 35.4 Å². The Morgan fingerprint density at radius 3 is 2.31 bits per heavy atom. The zero-order valence-electron chi connectivity index (χ0n) is 7.06. The smallest absolute Gasteiger partial charge is 0.150 e. The molecule has 0 radical (unpaired) electrons. The minimum absolute atomic E-state index is 0.341. The first kappa shape index (κ1) is 8.41. The van der Waals surface area contributed by atoms with Gasteiger partial charge in [0.05, 0.1) is 13.2 Å². The monoisotopic (exact) mass is 178 g/mol. The Labute approximate surface area is 76.0 Å². The number of hydrogen-bond acceptors (Lipinski definition) is 3. The van der Waals surface area contributed by atoms with Crippen molar-refractivity contribution >= 4 is 6.29 Å². The summed E-state index contributed by atoms with van der Waals surface area (Å²) in [4.78, 5) is 10.4. The summed E-state index contributed by atoms with van der Waals surface area (Å²) in [5.74, 6) is 0. The average Bonchev–Trinajstić information content (AvgIpc) is 2.14. The Balaban J connectivity index is 2.27. The van der Waals surface area contributed by atoms with E-state index in [-0.39, 0.29) is 0 Å². The molecule has 0 unspecified atom stereocenters. The van der Waals surface area contributed by atoms with Crippen LogP contribution in [0.1, 0.15) is 15.9 Å². The average molecular weight is 178 g/mol. The van der Waals surface area contributed by atoms with Gasteiger partial charge in [0.2, 0.25) is 0 Å². The number of ether oxygens (including phenoxy) is 1. The van der Waals surface area contributed by atoms with E-state index in [1.165, 1.54) is 0 Å². The summed E-state index contributed by atoms with van der Waals surface area (Å²) in [7, 11) is 0. The van der Waals surface area contributed by atoms with E-state index in [2.05, 4.69) is 0 Å². The second-order valence-corrected chi connectivity index (χ2v) is 3.26. The molecule has 0 aromatic heterocycles. The van der Waals surface area contributed by atoms with Gasteiger partial charge in [-0.2, -0.15) is 0 Å². The number of aliphatic hydroxyl groups is 1. The van der Waals surface area contributed by atoms with E-state index in [0.29, 0.717) is 18.8 Å². The van der Waals surface area contributed by atoms with E-state index in [1.807, 2.05) is 0 Å². The molecule has 0 saturated carbocycles. The molecular weight excluding hydrogens is 168 g/mol. The lowest BCUT2D eigenvalue weighted by Crippen LogP contribution is -2.46. The molecule has 0 spiro atoms. The van der Waals surface area contributed by atoms with Gasteiger partial charge in [-0.25, -0.2) is 0 Å². The SMILES string of the molecule is O=Cc1ccc(C2(O)COC2)cc1. The van der Waals surface area contributed by atoms with E-state index >= 15 is 0 Å². The van der Waals surface area contributed by atoms with E-state index < -0.39 is 5.60 Å². The third-order valence-corrected chi connectivity index (χ3v) is 2.27. The van der Waals surface area contributed by atoms with Crippen LogP contribution in [0.15, 0.2) is 24.3 Å². The van der Waals surface area contributed by atoms with Gasteiger partial charge >= 0.3 is 0 Å². The summed E-state index contributed by atoms with van der Waals surface area (Å²) in [6, 6.07) is 6.90. The summed E-state index contributed by atoms with van der Waals surface area (Å²) in [6.07, 6.45) is 0.783. The van der Waals surface area contributed by atoms with E-state index in [1.54, 1.807) is 24.3 Å². The molecule has 68 valence electrons. The maximum absolute atomic E-state index is 10.4. The first-order chi connectivity index (χ1) is 6.24. The lowest BCUT2D eigenvalue weighted by molar-refractivity contribution is -0.184. The van der Waals surface area contributed by atoms with Gasteiger partial charge in [-0.15, -0.1) is 0 Å². The molecule has 1 saturated heterocycles. The summed E-state index contributed by atoms with van der Waals surface area (Å²) in [5.41, 5.74) is 0.596. The van der Waals surface area contributed by atoms with Crippen LogP contribution in [-0.2, 0) is 10.3 Å². The lowest BCUT2D eigenvalue weighted by atomic mass is 9.92. The summed E-state index contributed by atoms with van der Waals surface area (Å²) in [5, 5.41) is 9.83. The van der Waals surface area contributed by atoms with Crippen molar-refractivity contribution in [1.29, 1.82) is 0 Å². The molecule has 0 bridgehead atoms. The van der Waals surface area contributed by atoms with Crippen LogP contribution in [0.4, 0.5) is 0 Å². The molecule has 1 aliphatic heterocycles. The van der Waals surface area contributed by atoms with Crippen molar-refractivity contribution in [2.75, 3.05) is 13.2 Å². The van der Waals surface area contributed by atoms with Crippen molar-refractivity contribution in [2.45, 2.75) is 5.60 Å². The van der Waals surface area contributed by atoms with Crippen LogP contribution in [0.2, 0.25) is 0 Å². The third kappa shape index (κ3) is 1.36. The van der Waals surface area contributed by atoms with Gasteiger partial charge in [0.25, 0.3) is 0 Å². The quantitative estimate of drug-likeness (QED) is 0.678. The van der Waals surface area contributed by atoms with Gasteiger partial charge in [-0.1, -0.05) is 24.3 Å². The van der Waals surface area contributed by atoms with Gasteiger partial charge in [-0.05, 0) is 5.56 Å². The molecule has 2 rings (SSSR count). The molecule has 0 amide bonds. The minimum atomic E-state index is -0.832. The van der Waals surface area contributed by atoms with Crippen LogP contribution in [-0.4, -0.2) is 24.6 Å². The van der Waals surface area contributed by atoms with E-state index in [4.69, 9.17) is 4.74 Å². The third-order valence-electron chi connectivity index (χ3n) is 2.27. The zero-order chi connectivity index (χ0) is 9.31. The summed E-state index contributed by atoms with van der Waals surface area (Å²) >= 11 is 0. The van der Waals surface area contributed by atoms with Crippen LogP contribution in [0.25, 0.3) is 0 Å². The molecular formula is C10H10O3. The van der Waals surface area contributed by atoms with Crippen LogP contribution in [0.3, 0.4) is 0 Å². The van der Waals surface area contributed by atoms with Crippen molar-refractivity contribution in [1.82, 2.24) is 0 Å². The standard InChI is InChI=1S/C10H10O3/c11-5-8-1-3-9(4-2-8)10(12)6-13-7-10/h1-5,12H,6-7H2. The van der Waals surface area contributed by atoms with Crippen LogP contribution in [0, 0.1) is 0 Å². The normalized spacial score (nSPS) is 19.2. The van der Waals surface area contributed by atoms with Gasteiger partial charge in [-0.3, -0.25) is 4.79 Å². The summed E-state index contributed by atoms with van der Waals surface area (Å²) < 4.78 is 4.93. The van der Waals surface area contributed by atoms with Crippen LogP contribution < -0.4 is 0 Å². The predicted molar refractivity (Wildman–Crippen MR) is 46.5 cm³/mol. The van der Waals surface area contributed by atoms with Crippen LogP contribution in [0.5, 0.6) is 0 Å². The number of benzene rings is 1. The molecule has 1 aromatic carbocycles. The zero-order valence-corrected chi connectivity index (χ0v) is 7.06. The Hall–Kier alpha value is -1.19. The number of hydrogen-bond donors (Lipinski definition) is 1. The summed E-state index contributed by atoms with van der Waals surface area (Å²) in [6.45, 7) is 0.681. The molecule has 1 fully saturated rings. The highest BCUT2D eigenvalue weighted by molar-refractivity contribution is 5.74. The lowest BCUT2D eigenvalue weighted by Gasteiger charge is -2.36. The highest BCUT2D eigenvalue weighted by atomic mass is 16.5. The fourth-order valence-corrected chi connectivity index (χ4v) is 1.33. The van der Waals surface area contributed by atoms with Gasteiger partial charge < -0.3 is 9.84 Å². The topological polar surface area (TPSA) is 46.5 Å². The number of aldehydes is 1. The van der Waals surface area contributed by atoms with Crippen LogP contribution >= 0.6 is 0 Å². The molecule has 0 aliphatic carbocycles. The highest BCUT2D eigenvalue weighted by Crippen LogP contribution is 2.28. The fourth-order valence-electron chi connectivity index (χ4n) is 1.33. The van der Waals surface area contributed by atoms with Gasteiger partial charge in [0.1, 0.15) is 11.9 Å². The molecule has 0 atom stereocenters. The maximum atomic E-state index is 10.4. The first-order valence-corrected chi connectivity index (χ1v) is 4.10. The van der Waals surface area contributed by atoms with Crippen molar-refractivity contribution in [3.63, 3.8) is 0 Å². The van der Waals surface area contributed by atoms with E-state index in [9.17, 15) is 9.90 Å². The Bertz CT molecular complexity index is 311. The van der Waals surface area contributed by atoms with Gasteiger partial charge in [0.15, 0.2) is 0 Å². The maximum Gasteiger partial charge on any atom is 0.150 e. The molecule has 1 heterocycles. The van der Waals surface area contributed by atoms with Crippen molar-refractivity contribution in [3.8, 4) is 0 Å². The molecule has 1 N–H and O–H groups in total. The predicted octanol–water partition coefficient (Wildman–Crippen LogP) is 0.717. The Morgan fingerprint density at radius 2 is 1.92 bits per heavy atom. The molecule has 1 aliphatic rings. The number of carbonyl (C=O) groups is 1. The molecule has 3 nitrogen and oxygen atoms in total. The number of rotatable bonds is 2. The van der Waals surface area contributed by atoms with Gasteiger partial charge in [0, 0.05) is 5.56 Å². The van der Waals surface area contributed by atoms with Crippen molar-refractivity contribution < 1.29 is 14.6 Å². The molecule has 1 aromatic rings. The Morgan fingerprint density at radius 1 is 1.31 bits per heavy atom. The second-order valence-electron chi connectivity index (χ2n) is 3.26. The largest absolute Gasteiger partial charge is 0.380 e. The highest BCUT2D eigenvalue weighted by Gasteiger charge is 2.37. The Kier molecular flexibility index (Phi) is 1.90.